The zero-order chi connectivity index (χ0) is 18.1. The van der Waals surface area contributed by atoms with Crippen LogP contribution in [0.25, 0.3) is 0 Å². The van der Waals surface area contributed by atoms with Crippen molar-refractivity contribution in [2.45, 2.75) is 26.2 Å². The number of nitrogens with one attached hydrogen (secondary N) is 1. The summed E-state index contributed by atoms with van der Waals surface area (Å²) in [6.45, 7) is 2.58. The second-order valence-corrected chi connectivity index (χ2v) is 5.47. The molecule has 0 unspecified atom stereocenters. The molecule has 0 aliphatic carbocycles. The first kappa shape index (κ1) is 18.3. The second-order valence-electron chi connectivity index (χ2n) is 5.47. The first-order chi connectivity index (χ1) is 12.1. The third-order valence-electron chi connectivity index (χ3n) is 3.51. The summed E-state index contributed by atoms with van der Waals surface area (Å²) >= 11 is 0. The number of ether oxygens (including phenoxy) is 1. The fourth-order valence-electron chi connectivity index (χ4n) is 2.24. The maximum absolute atomic E-state index is 11.8. The second kappa shape index (κ2) is 9.32. The van der Waals surface area contributed by atoms with Gasteiger partial charge >= 0.3 is 0 Å². The summed E-state index contributed by atoms with van der Waals surface area (Å²) in [7, 11) is 0. The average molecular weight is 342 g/mol. The van der Waals surface area contributed by atoms with Gasteiger partial charge in [-0.25, -0.2) is 5.43 Å². The van der Waals surface area contributed by atoms with Crippen molar-refractivity contribution in [3.63, 3.8) is 0 Å². The van der Waals surface area contributed by atoms with Crippen LogP contribution in [0.1, 0.15) is 30.9 Å². The molecule has 25 heavy (non-hydrogen) atoms. The third-order valence-corrected chi connectivity index (χ3v) is 3.51. The zero-order valence-corrected chi connectivity index (χ0v) is 14.1. The minimum absolute atomic E-state index is 0.0343. The topological polar surface area (TPSA) is 91.2 Å². The molecule has 0 saturated heterocycles. The van der Waals surface area contributed by atoms with Crippen LogP contribution in [0.2, 0.25) is 0 Å². The van der Waals surface area contributed by atoms with Crippen LogP contribution in [0.4, 0.5) is 0 Å². The predicted octanol–water partition coefficient (Wildman–Crippen LogP) is 2.97. The van der Waals surface area contributed by atoms with E-state index in [2.05, 4.69) is 10.5 Å². The Balaban J connectivity index is 1.72. The van der Waals surface area contributed by atoms with Crippen LogP contribution >= 0.6 is 0 Å². The maximum Gasteiger partial charge on any atom is 0.240 e. The van der Waals surface area contributed by atoms with Gasteiger partial charge < -0.3 is 14.9 Å². The Bertz CT molecular complexity index is 727. The van der Waals surface area contributed by atoms with E-state index in [0.29, 0.717) is 25.0 Å². The molecule has 6 heteroatoms. The van der Waals surface area contributed by atoms with Crippen molar-refractivity contribution in [1.82, 2.24) is 5.43 Å². The van der Waals surface area contributed by atoms with Gasteiger partial charge in [-0.15, -0.1) is 0 Å². The van der Waals surface area contributed by atoms with E-state index in [1.165, 1.54) is 24.4 Å². The number of phenolic OH excluding ortho intramolecular Hbond substituents is 2. The lowest BCUT2D eigenvalue weighted by molar-refractivity contribution is -0.121. The van der Waals surface area contributed by atoms with E-state index in [9.17, 15) is 15.0 Å². The maximum atomic E-state index is 11.8. The average Bonchev–Trinajstić information content (AvgIpc) is 2.59. The SMILES string of the molecule is CCOc1ccc(CCCC(=O)N/N=C\c2ccc(O)cc2O)cc1. The van der Waals surface area contributed by atoms with E-state index in [4.69, 9.17) is 4.74 Å². The van der Waals surface area contributed by atoms with Crippen molar-refractivity contribution < 1.29 is 19.7 Å². The largest absolute Gasteiger partial charge is 0.508 e. The van der Waals surface area contributed by atoms with Gasteiger partial charge in [0.1, 0.15) is 17.2 Å². The molecule has 0 radical (unpaired) electrons. The Morgan fingerprint density at radius 1 is 1.20 bits per heavy atom. The Morgan fingerprint density at radius 3 is 2.64 bits per heavy atom. The highest BCUT2D eigenvalue weighted by Crippen LogP contribution is 2.20. The van der Waals surface area contributed by atoms with Crippen molar-refractivity contribution >= 4 is 12.1 Å². The molecule has 0 bridgehead atoms. The number of amides is 1. The molecule has 0 fully saturated rings. The summed E-state index contributed by atoms with van der Waals surface area (Å²) in [6.07, 6.45) is 3.19. The van der Waals surface area contributed by atoms with Gasteiger partial charge in [0.05, 0.1) is 12.8 Å². The number of carbonyl (C=O) groups is 1. The van der Waals surface area contributed by atoms with Crippen molar-refractivity contribution in [3.05, 3.63) is 53.6 Å². The molecule has 2 aromatic carbocycles. The Hall–Kier alpha value is -3.02. The van der Waals surface area contributed by atoms with Crippen LogP contribution < -0.4 is 10.2 Å². The Kier molecular flexibility index (Phi) is 6.83. The minimum atomic E-state index is -0.194. The van der Waals surface area contributed by atoms with E-state index in [0.717, 1.165) is 17.7 Å². The van der Waals surface area contributed by atoms with E-state index in [1.807, 2.05) is 31.2 Å². The smallest absolute Gasteiger partial charge is 0.240 e. The molecule has 3 N–H and O–H groups in total. The summed E-state index contributed by atoms with van der Waals surface area (Å²) in [5.74, 6) is 0.512. The molecular weight excluding hydrogens is 320 g/mol. The Labute approximate surface area is 146 Å². The van der Waals surface area contributed by atoms with Gasteiger partial charge in [0, 0.05) is 18.1 Å². The summed E-state index contributed by atoms with van der Waals surface area (Å²) in [4.78, 5) is 11.8. The number of aryl methyl sites for hydroxylation is 1. The molecule has 132 valence electrons. The first-order valence-electron chi connectivity index (χ1n) is 8.14. The zero-order valence-electron chi connectivity index (χ0n) is 14.1. The quantitative estimate of drug-likeness (QED) is 0.508. The lowest BCUT2D eigenvalue weighted by atomic mass is 10.1. The van der Waals surface area contributed by atoms with Gasteiger partial charge in [0.25, 0.3) is 0 Å². The van der Waals surface area contributed by atoms with Gasteiger partial charge in [-0.1, -0.05) is 12.1 Å². The van der Waals surface area contributed by atoms with Crippen LogP contribution in [-0.2, 0) is 11.2 Å². The first-order valence-corrected chi connectivity index (χ1v) is 8.14. The molecule has 0 heterocycles. The fourth-order valence-corrected chi connectivity index (χ4v) is 2.24. The van der Waals surface area contributed by atoms with Crippen LogP contribution in [0.3, 0.4) is 0 Å². The molecule has 0 aliphatic heterocycles. The molecule has 0 atom stereocenters. The summed E-state index contributed by atoms with van der Waals surface area (Å²) in [5, 5.41) is 22.6. The van der Waals surface area contributed by atoms with Crippen LogP contribution in [0.15, 0.2) is 47.6 Å². The van der Waals surface area contributed by atoms with Crippen LogP contribution in [-0.4, -0.2) is 28.9 Å². The molecule has 6 nitrogen and oxygen atoms in total. The molecule has 0 spiro atoms. The monoisotopic (exact) mass is 342 g/mol. The number of hydrazone groups is 1. The highest BCUT2D eigenvalue weighted by atomic mass is 16.5. The lowest BCUT2D eigenvalue weighted by Gasteiger charge is -2.05. The number of carbonyl (C=O) groups excluding carboxylic acids is 1. The van der Waals surface area contributed by atoms with Gasteiger partial charge in [-0.3, -0.25) is 4.79 Å². The van der Waals surface area contributed by atoms with Gasteiger partial charge in [0.2, 0.25) is 5.91 Å². The van der Waals surface area contributed by atoms with E-state index < -0.39 is 0 Å². The van der Waals surface area contributed by atoms with Crippen molar-refractivity contribution in [1.29, 1.82) is 0 Å². The highest BCUT2D eigenvalue weighted by Gasteiger charge is 2.02. The lowest BCUT2D eigenvalue weighted by Crippen LogP contribution is -2.17. The molecule has 2 aromatic rings. The van der Waals surface area contributed by atoms with E-state index >= 15 is 0 Å². The van der Waals surface area contributed by atoms with Crippen LogP contribution in [0.5, 0.6) is 17.2 Å². The van der Waals surface area contributed by atoms with Gasteiger partial charge in [-0.2, -0.15) is 5.10 Å². The van der Waals surface area contributed by atoms with Crippen molar-refractivity contribution in [2.24, 2.45) is 5.10 Å². The number of hydrogen-bond donors (Lipinski definition) is 3. The van der Waals surface area contributed by atoms with Crippen molar-refractivity contribution in [3.8, 4) is 17.2 Å². The minimum Gasteiger partial charge on any atom is -0.508 e. The van der Waals surface area contributed by atoms with Crippen LogP contribution in [0, 0.1) is 0 Å². The number of aromatic hydroxyl groups is 2. The molecule has 1 amide bonds. The van der Waals surface area contributed by atoms with Gasteiger partial charge in [0.15, 0.2) is 0 Å². The van der Waals surface area contributed by atoms with E-state index in [1.54, 1.807) is 0 Å². The summed E-state index contributed by atoms with van der Waals surface area (Å²) < 4.78 is 5.39. The van der Waals surface area contributed by atoms with Crippen molar-refractivity contribution in [2.75, 3.05) is 6.61 Å². The van der Waals surface area contributed by atoms with E-state index in [-0.39, 0.29) is 17.4 Å². The number of nitrogens with zero attached hydrogens (tertiary/aromatic N) is 1. The normalized spacial score (nSPS) is 10.8. The molecule has 0 aliphatic rings. The number of rotatable bonds is 8. The fraction of sp³-hybridized carbons (Fsp3) is 0.263. The van der Waals surface area contributed by atoms with Gasteiger partial charge in [-0.05, 0) is 49.6 Å². The third kappa shape index (κ3) is 6.18. The molecule has 0 aromatic heterocycles. The number of benzene rings is 2. The predicted molar refractivity (Wildman–Crippen MR) is 96.1 cm³/mol. The number of phenols is 2. The summed E-state index contributed by atoms with van der Waals surface area (Å²) in [5.41, 5.74) is 3.98. The molecular formula is C19H22N2O4. The molecule has 2 rings (SSSR count). The summed E-state index contributed by atoms with van der Waals surface area (Å²) in [6, 6.07) is 12.0. The standard InChI is InChI=1S/C19H22N2O4/c1-2-25-17-10-6-14(7-11-17)4-3-5-19(24)21-20-13-15-8-9-16(22)12-18(15)23/h6-13,22-23H,2-5H2,1H3,(H,21,24)/b20-13-. The highest BCUT2D eigenvalue weighted by molar-refractivity contribution is 5.85. The molecule has 0 saturated carbocycles. The Morgan fingerprint density at radius 2 is 1.96 bits per heavy atom. The number of hydrogen-bond acceptors (Lipinski definition) is 5.